The first-order valence-corrected chi connectivity index (χ1v) is 5.95. The normalized spacial score (nSPS) is 18.2. The van der Waals surface area contributed by atoms with Gasteiger partial charge in [0, 0.05) is 6.54 Å². The first-order chi connectivity index (χ1) is 9.08. The number of primary amides is 1. The van der Waals surface area contributed by atoms with Crippen LogP contribution in [0, 0.1) is 5.82 Å². The smallest absolute Gasteiger partial charge is 0.315 e. The average molecular weight is 266 g/mol. The largest absolute Gasteiger partial charge is 0.351 e. The highest BCUT2D eigenvalue weighted by molar-refractivity contribution is 5.87. The summed E-state index contributed by atoms with van der Waals surface area (Å²) >= 11 is 0. The van der Waals surface area contributed by atoms with Gasteiger partial charge in [-0.15, -0.1) is 0 Å². The Morgan fingerprint density at radius 3 is 2.63 bits per heavy atom. The maximum Gasteiger partial charge on any atom is 0.315 e. The van der Waals surface area contributed by atoms with Gasteiger partial charge in [-0.05, 0) is 37.1 Å². The molecule has 0 radical (unpaired) electrons. The van der Waals surface area contributed by atoms with Crippen molar-refractivity contribution in [2.75, 3.05) is 12.0 Å². The molecule has 4 N–H and O–H groups in total. The first-order valence-electron chi connectivity index (χ1n) is 5.95. The van der Waals surface area contributed by atoms with E-state index in [4.69, 9.17) is 5.73 Å². The Morgan fingerprint density at radius 2 is 2.00 bits per heavy atom. The number of benzene rings is 1. The summed E-state index contributed by atoms with van der Waals surface area (Å²) in [5.74, 6) is -0.687. The second-order valence-corrected chi connectivity index (χ2v) is 4.31. The van der Waals surface area contributed by atoms with E-state index in [0.29, 0.717) is 18.7 Å². The molecule has 0 bridgehead atoms. The monoisotopic (exact) mass is 266 g/mol. The standard InChI is InChI=1S/C12H15FN4O2/c13-8-3-5-9(6-4-8)15-16-11(18)10-2-1-7-17(10)12(14)19/h3-6,10,15H,1-2,7H2,(H2,14,19)(H,16,18). The number of anilines is 1. The quantitative estimate of drug-likeness (QED) is 0.707. The van der Waals surface area contributed by atoms with E-state index in [9.17, 15) is 14.0 Å². The Balaban J connectivity index is 1.90. The second-order valence-electron chi connectivity index (χ2n) is 4.31. The number of hydrogen-bond acceptors (Lipinski definition) is 3. The lowest BCUT2D eigenvalue weighted by Gasteiger charge is -2.22. The van der Waals surface area contributed by atoms with Crippen LogP contribution in [0.4, 0.5) is 14.9 Å². The molecule has 1 aromatic carbocycles. The summed E-state index contributed by atoms with van der Waals surface area (Å²) in [6.07, 6.45) is 1.33. The summed E-state index contributed by atoms with van der Waals surface area (Å²) in [6.45, 7) is 0.490. The van der Waals surface area contributed by atoms with E-state index in [1.54, 1.807) is 0 Å². The van der Waals surface area contributed by atoms with Crippen LogP contribution >= 0.6 is 0 Å². The van der Waals surface area contributed by atoms with E-state index in [-0.39, 0.29) is 11.7 Å². The van der Waals surface area contributed by atoms with Crippen LogP contribution in [0.3, 0.4) is 0 Å². The lowest BCUT2D eigenvalue weighted by Crippen LogP contribution is -2.49. The zero-order valence-electron chi connectivity index (χ0n) is 10.2. The molecule has 6 nitrogen and oxygen atoms in total. The number of nitrogens with zero attached hydrogens (tertiary/aromatic N) is 1. The van der Waals surface area contributed by atoms with Gasteiger partial charge in [-0.2, -0.15) is 0 Å². The summed E-state index contributed by atoms with van der Waals surface area (Å²) in [5.41, 5.74) is 10.9. The summed E-state index contributed by atoms with van der Waals surface area (Å²) in [7, 11) is 0. The van der Waals surface area contributed by atoms with E-state index in [1.165, 1.54) is 29.2 Å². The highest BCUT2D eigenvalue weighted by atomic mass is 19.1. The van der Waals surface area contributed by atoms with Crippen molar-refractivity contribution in [1.29, 1.82) is 0 Å². The minimum absolute atomic E-state index is 0.333. The van der Waals surface area contributed by atoms with Crippen molar-refractivity contribution in [3.05, 3.63) is 30.1 Å². The van der Waals surface area contributed by atoms with Gasteiger partial charge in [-0.25, -0.2) is 9.18 Å². The third-order valence-electron chi connectivity index (χ3n) is 3.01. The molecule has 7 heteroatoms. The van der Waals surface area contributed by atoms with Crippen molar-refractivity contribution in [1.82, 2.24) is 10.3 Å². The number of rotatable bonds is 3. The molecule has 0 spiro atoms. The average Bonchev–Trinajstić information content (AvgIpc) is 2.87. The van der Waals surface area contributed by atoms with Gasteiger partial charge in [0.05, 0.1) is 5.69 Å². The molecule has 3 amide bonds. The summed E-state index contributed by atoms with van der Waals surface area (Å²) in [4.78, 5) is 24.4. The van der Waals surface area contributed by atoms with Crippen LogP contribution in [0.1, 0.15) is 12.8 Å². The maximum absolute atomic E-state index is 12.7. The van der Waals surface area contributed by atoms with Gasteiger partial charge in [0.25, 0.3) is 5.91 Å². The van der Waals surface area contributed by atoms with Gasteiger partial charge in [0.15, 0.2) is 0 Å². The van der Waals surface area contributed by atoms with Crippen molar-refractivity contribution in [2.45, 2.75) is 18.9 Å². The predicted octanol–water partition coefficient (Wildman–Crippen LogP) is 0.812. The molecule has 1 aliphatic heterocycles. The van der Waals surface area contributed by atoms with E-state index < -0.39 is 12.1 Å². The van der Waals surface area contributed by atoms with Gasteiger partial charge in [-0.3, -0.25) is 15.6 Å². The number of amides is 3. The number of likely N-dealkylation sites (tertiary alicyclic amines) is 1. The fourth-order valence-electron chi connectivity index (χ4n) is 2.05. The third kappa shape index (κ3) is 3.12. The Morgan fingerprint density at radius 1 is 1.32 bits per heavy atom. The number of nitrogens with two attached hydrogens (primary N) is 1. The first kappa shape index (κ1) is 13.1. The SMILES string of the molecule is NC(=O)N1CCCC1C(=O)NNc1ccc(F)cc1. The van der Waals surface area contributed by atoms with E-state index in [2.05, 4.69) is 10.9 Å². The molecule has 1 heterocycles. The highest BCUT2D eigenvalue weighted by Crippen LogP contribution is 2.16. The van der Waals surface area contributed by atoms with Gasteiger partial charge in [0.2, 0.25) is 0 Å². The molecule has 0 aliphatic carbocycles. The Labute approximate surface area is 109 Å². The number of hydrogen-bond donors (Lipinski definition) is 3. The molecule has 1 atom stereocenters. The highest BCUT2D eigenvalue weighted by Gasteiger charge is 2.32. The molecule has 2 rings (SSSR count). The molecule has 0 saturated carbocycles. The number of halogens is 1. The van der Waals surface area contributed by atoms with E-state index in [0.717, 1.165) is 6.42 Å². The molecule has 102 valence electrons. The van der Waals surface area contributed by atoms with Gasteiger partial charge >= 0.3 is 6.03 Å². The fraction of sp³-hybridized carbons (Fsp3) is 0.333. The van der Waals surface area contributed by atoms with Gasteiger partial charge in [-0.1, -0.05) is 0 Å². The summed E-state index contributed by atoms with van der Waals surface area (Å²) in [5, 5.41) is 0. The molecular weight excluding hydrogens is 251 g/mol. The molecule has 1 saturated heterocycles. The van der Waals surface area contributed by atoms with Gasteiger partial charge < -0.3 is 10.6 Å². The topological polar surface area (TPSA) is 87.5 Å². The Kier molecular flexibility index (Phi) is 3.84. The molecule has 1 aliphatic rings. The minimum Gasteiger partial charge on any atom is -0.351 e. The van der Waals surface area contributed by atoms with E-state index in [1.807, 2.05) is 0 Å². The third-order valence-corrected chi connectivity index (χ3v) is 3.01. The van der Waals surface area contributed by atoms with Crippen LogP contribution in [-0.4, -0.2) is 29.4 Å². The van der Waals surface area contributed by atoms with Crippen LogP contribution < -0.4 is 16.6 Å². The molecule has 19 heavy (non-hydrogen) atoms. The van der Waals surface area contributed by atoms with Crippen molar-refractivity contribution in [3.63, 3.8) is 0 Å². The molecule has 1 aromatic rings. The summed E-state index contributed by atoms with van der Waals surface area (Å²) in [6, 6.07) is 4.40. The van der Waals surface area contributed by atoms with Crippen LogP contribution in [0.25, 0.3) is 0 Å². The van der Waals surface area contributed by atoms with Crippen LogP contribution in [0.5, 0.6) is 0 Å². The molecule has 1 unspecified atom stereocenters. The lowest BCUT2D eigenvalue weighted by molar-refractivity contribution is -0.124. The van der Waals surface area contributed by atoms with Gasteiger partial charge in [0.1, 0.15) is 11.9 Å². The minimum atomic E-state index is -0.598. The molecule has 0 aromatic heterocycles. The zero-order chi connectivity index (χ0) is 13.8. The number of carbonyl (C=O) groups is 2. The van der Waals surface area contributed by atoms with Crippen molar-refractivity contribution in [3.8, 4) is 0 Å². The zero-order valence-corrected chi connectivity index (χ0v) is 10.2. The van der Waals surface area contributed by atoms with Crippen LogP contribution in [0.15, 0.2) is 24.3 Å². The van der Waals surface area contributed by atoms with Crippen molar-refractivity contribution < 1.29 is 14.0 Å². The Hall–Kier alpha value is -2.31. The fourth-order valence-corrected chi connectivity index (χ4v) is 2.05. The summed E-state index contributed by atoms with van der Waals surface area (Å²) < 4.78 is 12.7. The predicted molar refractivity (Wildman–Crippen MR) is 67.5 cm³/mol. The number of nitrogens with one attached hydrogen (secondary N) is 2. The molecule has 1 fully saturated rings. The van der Waals surface area contributed by atoms with E-state index >= 15 is 0 Å². The van der Waals surface area contributed by atoms with Crippen molar-refractivity contribution in [2.24, 2.45) is 5.73 Å². The molecular formula is C12H15FN4O2. The second kappa shape index (κ2) is 5.55. The lowest BCUT2D eigenvalue weighted by atomic mass is 10.2. The Bertz CT molecular complexity index is 477. The van der Waals surface area contributed by atoms with Crippen molar-refractivity contribution >= 4 is 17.6 Å². The maximum atomic E-state index is 12.7. The van der Waals surface area contributed by atoms with Crippen LogP contribution in [0.2, 0.25) is 0 Å². The number of hydrazine groups is 1. The van der Waals surface area contributed by atoms with Crippen LogP contribution in [-0.2, 0) is 4.79 Å². The number of carbonyl (C=O) groups excluding carboxylic acids is 2. The number of urea groups is 1.